The molecule has 2 aromatic rings. The highest BCUT2D eigenvalue weighted by atomic mass is 35.5. The summed E-state index contributed by atoms with van der Waals surface area (Å²) in [5, 5.41) is 0.845. The number of amides is 1. The highest BCUT2D eigenvalue weighted by molar-refractivity contribution is 8.00. The number of benzene rings is 1. The number of rotatable bonds is 6. The van der Waals surface area contributed by atoms with Crippen molar-refractivity contribution < 1.29 is 14.3 Å². The molecule has 1 aliphatic heterocycles. The van der Waals surface area contributed by atoms with Gasteiger partial charge in [0.05, 0.1) is 16.3 Å². The van der Waals surface area contributed by atoms with Crippen molar-refractivity contribution in [3.8, 4) is 5.75 Å². The van der Waals surface area contributed by atoms with Gasteiger partial charge in [0.25, 0.3) is 0 Å². The molecule has 5 nitrogen and oxygen atoms in total. The summed E-state index contributed by atoms with van der Waals surface area (Å²) in [6.45, 7) is 2.92. The van der Waals surface area contributed by atoms with Crippen molar-refractivity contribution in [1.82, 2.24) is 9.88 Å². The summed E-state index contributed by atoms with van der Waals surface area (Å²) >= 11 is 7.33. The molecule has 0 spiro atoms. The van der Waals surface area contributed by atoms with Gasteiger partial charge in [-0.05, 0) is 49.9 Å². The van der Waals surface area contributed by atoms with Gasteiger partial charge in [-0.3, -0.25) is 4.79 Å². The Kier molecular flexibility index (Phi) is 7.34. The van der Waals surface area contributed by atoms with Crippen molar-refractivity contribution in [1.29, 1.82) is 0 Å². The number of nitrogens with zero attached hydrogens (tertiary/aromatic N) is 2. The highest BCUT2D eigenvalue weighted by Gasteiger charge is 2.26. The molecule has 1 amide bonds. The maximum atomic E-state index is 12.7. The van der Waals surface area contributed by atoms with Crippen LogP contribution in [0.15, 0.2) is 47.6 Å². The van der Waals surface area contributed by atoms with Crippen LogP contribution in [0.4, 0.5) is 0 Å². The predicted octanol–water partition coefficient (Wildman–Crippen LogP) is 4.84. The van der Waals surface area contributed by atoms with Gasteiger partial charge in [-0.2, -0.15) is 0 Å². The molecule has 1 aromatic carbocycles. The molecule has 1 atom stereocenters. The third kappa shape index (κ3) is 5.06. The normalized spacial score (nSPS) is 16.6. The van der Waals surface area contributed by atoms with Crippen molar-refractivity contribution in [2.75, 3.05) is 12.3 Å². The first-order chi connectivity index (χ1) is 13.6. The third-order valence-electron chi connectivity index (χ3n) is 4.78. The third-order valence-corrected chi connectivity index (χ3v) is 6.08. The Labute approximate surface area is 174 Å². The molecular weight excluding hydrogens is 396 g/mol. The lowest BCUT2D eigenvalue weighted by Crippen LogP contribution is -2.44. The number of piperidine rings is 1. The molecule has 0 bridgehead atoms. The Bertz CT molecular complexity index is 846. The van der Waals surface area contributed by atoms with E-state index in [1.54, 1.807) is 42.6 Å². The molecule has 2 heterocycles. The molecule has 148 valence electrons. The number of carbonyl (C=O) groups excluding carboxylic acids is 2. The standard InChI is InChI=1S/C21H23ClN2O3S/c1-2-15-8-5-6-13-24(15)19(25)14-28-20-16(9-7-12-23-20)21(26)27-18-11-4-3-10-17(18)22/h3-4,7,9-12,15H,2,5-6,8,13-14H2,1H3/t15-/m0/s1. The molecule has 1 saturated heterocycles. The Morgan fingerprint density at radius 3 is 2.86 bits per heavy atom. The molecule has 7 heteroatoms. The Morgan fingerprint density at radius 1 is 1.25 bits per heavy atom. The zero-order valence-corrected chi connectivity index (χ0v) is 17.3. The minimum atomic E-state index is -0.541. The Morgan fingerprint density at radius 2 is 2.07 bits per heavy atom. The zero-order chi connectivity index (χ0) is 19.9. The van der Waals surface area contributed by atoms with Gasteiger partial charge in [-0.25, -0.2) is 9.78 Å². The van der Waals surface area contributed by atoms with E-state index in [9.17, 15) is 9.59 Å². The fraction of sp³-hybridized carbons (Fsp3) is 0.381. The molecule has 0 saturated carbocycles. The van der Waals surface area contributed by atoms with E-state index in [0.717, 1.165) is 25.8 Å². The van der Waals surface area contributed by atoms with Crippen LogP contribution < -0.4 is 4.74 Å². The number of halogens is 1. The number of carbonyl (C=O) groups is 2. The minimum absolute atomic E-state index is 0.0904. The Hall–Kier alpha value is -2.05. The largest absolute Gasteiger partial charge is 0.421 e. The number of hydrogen-bond donors (Lipinski definition) is 0. The molecular formula is C21H23ClN2O3S. The molecule has 0 aliphatic carbocycles. The number of aromatic nitrogens is 1. The first kappa shape index (κ1) is 20.7. The molecule has 3 rings (SSSR count). The lowest BCUT2D eigenvalue weighted by molar-refractivity contribution is -0.132. The number of hydrogen-bond acceptors (Lipinski definition) is 5. The second kappa shape index (κ2) is 9.94. The van der Waals surface area contributed by atoms with Gasteiger partial charge in [-0.15, -0.1) is 0 Å². The number of para-hydroxylation sites is 1. The van der Waals surface area contributed by atoms with E-state index in [2.05, 4.69) is 11.9 Å². The van der Waals surface area contributed by atoms with E-state index in [0.29, 0.717) is 27.4 Å². The quantitative estimate of drug-likeness (QED) is 0.381. The predicted molar refractivity (Wildman–Crippen MR) is 111 cm³/mol. The molecule has 1 aromatic heterocycles. The molecule has 0 unspecified atom stereocenters. The summed E-state index contributed by atoms with van der Waals surface area (Å²) in [5.74, 6) is 0.0946. The summed E-state index contributed by atoms with van der Waals surface area (Å²) in [6, 6.07) is 10.4. The fourth-order valence-electron chi connectivity index (χ4n) is 3.31. The summed E-state index contributed by atoms with van der Waals surface area (Å²) in [7, 11) is 0. The van der Waals surface area contributed by atoms with Crippen molar-refractivity contribution in [3.05, 3.63) is 53.2 Å². The fourth-order valence-corrected chi connectivity index (χ4v) is 4.35. The molecule has 0 radical (unpaired) electrons. The number of thioether (sulfide) groups is 1. The van der Waals surface area contributed by atoms with Gasteiger partial charge >= 0.3 is 5.97 Å². The van der Waals surface area contributed by atoms with E-state index < -0.39 is 5.97 Å². The van der Waals surface area contributed by atoms with Crippen molar-refractivity contribution in [2.24, 2.45) is 0 Å². The van der Waals surface area contributed by atoms with Crippen LogP contribution in [-0.2, 0) is 4.79 Å². The SMILES string of the molecule is CC[C@H]1CCCCN1C(=O)CSc1ncccc1C(=O)Oc1ccccc1Cl. The first-order valence-corrected chi connectivity index (χ1v) is 10.8. The number of ether oxygens (including phenoxy) is 1. The Balaban J connectivity index is 1.67. The first-order valence-electron chi connectivity index (χ1n) is 9.44. The monoisotopic (exact) mass is 418 g/mol. The average molecular weight is 419 g/mol. The summed E-state index contributed by atoms with van der Waals surface area (Å²) in [4.78, 5) is 31.6. The van der Waals surface area contributed by atoms with E-state index in [1.807, 2.05) is 4.90 Å². The van der Waals surface area contributed by atoms with Crippen LogP contribution >= 0.6 is 23.4 Å². The maximum absolute atomic E-state index is 12.7. The topological polar surface area (TPSA) is 59.5 Å². The maximum Gasteiger partial charge on any atom is 0.346 e. The number of esters is 1. The van der Waals surface area contributed by atoms with Crippen LogP contribution in [-0.4, -0.2) is 40.1 Å². The van der Waals surface area contributed by atoms with Crippen LogP contribution in [0.5, 0.6) is 5.75 Å². The summed E-state index contributed by atoms with van der Waals surface area (Å²) in [5.41, 5.74) is 0.325. The van der Waals surface area contributed by atoms with Gasteiger partial charge in [0.1, 0.15) is 10.8 Å². The number of likely N-dealkylation sites (tertiary alicyclic amines) is 1. The van der Waals surface area contributed by atoms with Gasteiger partial charge < -0.3 is 9.64 Å². The molecule has 0 N–H and O–H groups in total. The van der Waals surface area contributed by atoms with E-state index in [4.69, 9.17) is 16.3 Å². The van der Waals surface area contributed by atoms with Crippen LogP contribution in [0.25, 0.3) is 0 Å². The van der Waals surface area contributed by atoms with Crippen molar-refractivity contribution >= 4 is 35.2 Å². The van der Waals surface area contributed by atoms with Crippen molar-refractivity contribution in [2.45, 2.75) is 43.7 Å². The van der Waals surface area contributed by atoms with E-state index >= 15 is 0 Å². The smallest absolute Gasteiger partial charge is 0.346 e. The van der Waals surface area contributed by atoms with Crippen molar-refractivity contribution in [3.63, 3.8) is 0 Å². The van der Waals surface area contributed by atoms with Gasteiger partial charge in [0.2, 0.25) is 5.91 Å². The second-order valence-corrected chi connectivity index (χ2v) is 7.98. The van der Waals surface area contributed by atoms with Crippen LogP contribution in [0.3, 0.4) is 0 Å². The van der Waals surface area contributed by atoms with Gasteiger partial charge in [-0.1, -0.05) is 42.4 Å². The van der Waals surface area contributed by atoms with Gasteiger partial charge in [0.15, 0.2) is 0 Å². The second-order valence-electron chi connectivity index (χ2n) is 6.61. The average Bonchev–Trinajstić information content (AvgIpc) is 2.73. The highest BCUT2D eigenvalue weighted by Crippen LogP contribution is 2.27. The number of pyridine rings is 1. The lowest BCUT2D eigenvalue weighted by Gasteiger charge is -2.35. The lowest BCUT2D eigenvalue weighted by atomic mass is 10.0. The van der Waals surface area contributed by atoms with Crippen LogP contribution in [0.1, 0.15) is 43.0 Å². The molecule has 1 fully saturated rings. The molecule has 28 heavy (non-hydrogen) atoms. The minimum Gasteiger partial charge on any atom is -0.421 e. The van der Waals surface area contributed by atoms with Crippen LogP contribution in [0.2, 0.25) is 5.02 Å². The summed E-state index contributed by atoms with van der Waals surface area (Å²) < 4.78 is 5.41. The molecule has 1 aliphatic rings. The van der Waals surface area contributed by atoms with E-state index in [1.165, 1.54) is 18.2 Å². The van der Waals surface area contributed by atoms with E-state index in [-0.39, 0.29) is 11.7 Å². The van der Waals surface area contributed by atoms with Gasteiger partial charge in [0, 0.05) is 18.8 Å². The van der Waals surface area contributed by atoms with Crippen LogP contribution in [0, 0.1) is 0 Å². The zero-order valence-electron chi connectivity index (χ0n) is 15.8. The summed E-state index contributed by atoms with van der Waals surface area (Å²) in [6.07, 6.45) is 5.86.